The van der Waals surface area contributed by atoms with Gasteiger partial charge in [0.15, 0.2) is 11.5 Å². The molecule has 7 nitrogen and oxygen atoms in total. The van der Waals surface area contributed by atoms with Crippen LogP contribution in [-0.4, -0.2) is 57.6 Å². The van der Waals surface area contributed by atoms with Crippen molar-refractivity contribution in [3.8, 4) is 0 Å². The van der Waals surface area contributed by atoms with Gasteiger partial charge in [-0.05, 0) is 25.9 Å². The molecular weight excluding hydrogens is 254 g/mol. The molecule has 0 aromatic carbocycles. The molecule has 3 N–H and O–H groups in total. The second-order valence-corrected chi connectivity index (χ2v) is 5.05. The lowest BCUT2D eigenvalue weighted by Crippen LogP contribution is -2.34. The zero-order valence-corrected chi connectivity index (χ0v) is 12.0. The Morgan fingerprint density at radius 1 is 1.45 bits per heavy atom. The van der Waals surface area contributed by atoms with Crippen LogP contribution < -0.4 is 10.6 Å². The van der Waals surface area contributed by atoms with E-state index in [0.29, 0.717) is 17.6 Å². The molecule has 0 aliphatic carbocycles. The third kappa shape index (κ3) is 2.40. The van der Waals surface area contributed by atoms with E-state index in [-0.39, 0.29) is 0 Å². The van der Waals surface area contributed by atoms with E-state index in [1.165, 1.54) is 19.4 Å². The number of H-pyrrole nitrogens is 1. The molecule has 108 valence electrons. The summed E-state index contributed by atoms with van der Waals surface area (Å²) in [6.07, 6.45) is 4.18. The minimum atomic E-state index is 0.589. The van der Waals surface area contributed by atoms with Crippen molar-refractivity contribution >= 4 is 22.9 Å². The normalized spacial score (nSPS) is 19.6. The molecule has 1 atom stereocenters. The number of imidazole rings is 1. The average Bonchev–Trinajstić information content (AvgIpc) is 3.12. The first-order valence-electron chi connectivity index (χ1n) is 7.18. The molecule has 1 fully saturated rings. The fourth-order valence-electron chi connectivity index (χ4n) is 2.83. The molecule has 1 aliphatic heterocycles. The van der Waals surface area contributed by atoms with Crippen molar-refractivity contribution < 1.29 is 0 Å². The summed E-state index contributed by atoms with van der Waals surface area (Å²) in [6, 6.07) is 0.589. The van der Waals surface area contributed by atoms with Crippen LogP contribution in [-0.2, 0) is 0 Å². The van der Waals surface area contributed by atoms with Crippen molar-refractivity contribution in [2.45, 2.75) is 25.8 Å². The molecule has 0 radical (unpaired) electrons. The van der Waals surface area contributed by atoms with Crippen LogP contribution in [0.5, 0.6) is 0 Å². The highest BCUT2D eigenvalue weighted by atomic mass is 15.2. The summed E-state index contributed by atoms with van der Waals surface area (Å²) in [6.45, 7) is 5.43. The second-order valence-electron chi connectivity index (χ2n) is 5.05. The molecule has 0 spiro atoms. The van der Waals surface area contributed by atoms with Crippen LogP contribution in [0.25, 0.3) is 11.2 Å². The molecule has 7 heteroatoms. The third-order valence-corrected chi connectivity index (χ3v) is 3.92. The number of likely N-dealkylation sites (tertiary alicyclic amines) is 1. The number of nitrogens with one attached hydrogen (secondary N) is 3. The number of rotatable bonds is 5. The lowest BCUT2D eigenvalue weighted by Gasteiger charge is -2.23. The summed E-state index contributed by atoms with van der Waals surface area (Å²) in [5, 5.41) is 6.42. The number of hydrogen-bond acceptors (Lipinski definition) is 6. The Balaban J connectivity index is 1.78. The van der Waals surface area contributed by atoms with E-state index in [9.17, 15) is 0 Å². The first-order valence-corrected chi connectivity index (χ1v) is 7.18. The predicted molar refractivity (Wildman–Crippen MR) is 80.0 cm³/mol. The first kappa shape index (κ1) is 13.1. The van der Waals surface area contributed by atoms with Crippen LogP contribution in [0.2, 0.25) is 0 Å². The van der Waals surface area contributed by atoms with Gasteiger partial charge >= 0.3 is 0 Å². The summed E-state index contributed by atoms with van der Waals surface area (Å²) in [5.41, 5.74) is 1.55. The third-order valence-electron chi connectivity index (χ3n) is 3.92. The standard InChI is InChI=1S/C13H21N7/c1-3-20-6-4-5-9(20)7-15-11-10-12(17-8-16-10)19-13(14-2)18-11/h8-9H,3-7H2,1-2H3,(H3,14,15,16,17,18,19). The van der Waals surface area contributed by atoms with Crippen molar-refractivity contribution in [2.24, 2.45) is 0 Å². The van der Waals surface area contributed by atoms with Gasteiger partial charge in [-0.2, -0.15) is 9.97 Å². The minimum absolute atomic E-state index is 0.589. The largest absolute Gasteiger partial charge is 0.367 e. The maximum atomic E-state index is 4.48. The molecular formula is C13H21N7. The Morgan fingerprint density at radius 2 is 2.35 bits per heavy atom. The van der Waals surface area contributed by atoms with Gasteiger partial charge in [-0.25, -0.2) is 4.98 Å². The minimum Gasteiger partial charge on any atom is -0.367 e. The van der Waals surface area contributed by atoms with Gasteiger partial charge in [-0.1, -0.05) is 6.92 Å². The molecule has 1 unspecified atom stereocenters. The van der Waals surface area contributed by atoms with Crippen LogP contribution in [0.3, 0.4) is 0 Å². The molecule has 1 saturated heterocycles. The van der Waals surface area contributed by atoms with E-state index >= 15 is 0 Å². The first-order chi connectivity index (χ1) is 9.81. The fourth-order valence-corrected chi connectivity index (χ4v) is 2.83. The number of anilines is 2. The number of fused-ring (bicyclic) bond motifs is 1. The number of hydrogen-bond donors (Lipinski definition) is 3. The second kappa shape index (κ2) is 5.62. The zero-order valence-electron chi connectivity index (χ0n) is 12.0. The topological polar surface area (TPSA) is 81.8 Å². The van der Waals surface area contributed by atoms with E-state index in [0.717, 1.165) is 24.4 Å². The Kier molecular flexibility index (Phi) is 3.68. The summed E-state index contributed by atoms with van der Waals surface area (Å²) in [7, 11) is 1.81. The molecule has 0 amide bonds. The van der Waals surface area contributed by atoms with Crippen LogP contribution in [0.1, 0.15) is 19.8 Å². The molecule has 2 aromatic heterocycles. The number of aromatic nitrogens is 4. The molecule has 1 aliphatic rings. The molecule has 3 heterocycles. The van der Waals surface area contributed by atoms with Crippen LogP contribution in [0.4, 0.5) is 11.8 Å². The van der Waals surface area contributed by atoms with Gasteiger partial charge < -0.3 is 15.6 Å². The zero-order chi connectivity index (χ0) is 13.9. The molecule has 2 aromatic rings. The van der Waals surface area contributed by atoms with Gasteiger partial charge in [0, 0.05) is 19.6 Å². The lowest BCUT2D eigenvalue weighted by atomic mass is 10.2. The van der Waals surface area contributed by atoms with Gasteiger partial charge in [0.1, 0.15) is 5.52 Å². The molecule has 20 heavy (non-hydrogen) atoms. The van der Waals surface area contributed by atoms with Crippen molar-refractivity contribution in [1.29, 1.82) is 0 Å². The smallest absolute Gasteiger partial charge is 0.226 e. The van der Waals surface area contributed by atoms with Crippen LogP contribution in [0, 0.1) is 0 Å². The maximum Gasteiger partial charge on any atom is 0.226 e. The Labute approximate surface area is 118 Å². The highest BCUT2D eigenvalue weighted by Gasteiger charge is 2.23. The number of nitrogens with zero attached hydrogens (tertiary/aromatic N) is 4. The van der Waals surface area contributed by atoms with Gasteiger partial charge in [-0.3, -0.25) is 4.90 Å². The summed E-state index contributed by atoms with van der Waals surface area (Å²) in [4.78, 5) is 18.6. The maximum absolute atomic E-state index is 4.48. The summed E-state index contributed by atoms with van der Waals surface area (Å²) in [5.74, 6) is 1.41. The highest BCUT2D eigenvalue weighted by Crippen LogP contribution is 2.21. The van der Waals surface area contributed by atoms with Crippen LogP contribution >= 0.6 is 0 Å². The van der Waals surface area contributed by atoms with Crippen molar-refractivity contribution in [1.82, 2.24) is 24.8 Å². The Hall–Kier alpha value is -1.89. The Morgan fingerprint density at radius 3 is 3.15 bits per heavy atom. The average molecular weight is 275 g/mol. The quantitative estimate of drug-likeness (QED) is 0.763. The molecule has 0 bridgehead atoms. The SMILES string of the molecule is CCN1CCCC1CNc1nc(NC)nc2nc[nH]c12. The summed E-state index contributed by atoms with van der Waals surface area (Å²) >= 11 is 0. The van der Waals surface area contributed by atoms with Crippen molar-refractivity contribution in [3.63, 3.8) is 0 Å². The van der Waals surface area contributed by atoms with E-state index < -0.39 is 0 Å². The highest BCUT2D eigenvalue weighted by molar-refractivity contribution is 5.83. The van der Waals surface area contributed by atoms with Crippen molar-refractivity contribution in [3.05, 3.63) is 6.33 Å². The van der Waals surface area contributed by atoms with E-state index in [4.69, 9.17) is 0 Å². The fraction of sp³-hybridized carbons (Fsp3) is 0.615. The Bertz CT molecular complexity index is 579. The number of aromatic amines is 1. The van der Waals surface area contributed by atoms with Gasteiger partial charge in [0.25, 0.3) is 0 Å². The van der Waals surface area contributed by atoms with E-state index in [2.05, 4.69) is 42.4 Å². The molecule has 3 rings (SSSR count). The molecule has 0 saturated carbocycles. The monoisotopic (exact) mass is 275 g/mol. The summed E-state index contributed by atoms with van der Waals surface area (Å²) < 4.78 is 0. The predicted octanol–water partition coefficient (Wildman–Crippen LogP) is 1.29. The van der Waals surface area contributed by atoms with Crippen molar-refractivity contribution in [2.75, 3.05) is 37.3 Å². The van der Waals surface area contributed by atoms with E-state index in [1.807, 2.05) is 7.05 Å². The van der Waals surface area contributed by atoms with Gasteiger partial charge in [0.05, 0.1) is 6.33 Å². The number of likely N-dealkylation sites (N-methyl/N-ethyl adjacent to an activating group) is 1. The van der Waals surface area contributed by atoms with Gasteiger partial charge in [-0.15, -0.1) is 0 Å². The van der Waals surface area contributed by atoms with Crippen LogP contribution in [0.15, 0.2) is 6.33 Å². The lowest BCUT2D eigenvalue weighted by molar-refractivity contribution is 0.277. The van der Waals surface area contributed by atoms with Gasteiger partial charge in [0.2, 0.25) is 5.95 Å². The van der Waals surface area contributed by atoms with E-state index in [1.54, 1.807) is 6.33 Å².